The van der Waals surface area contributed by atoms with E-state index in [0.717, 1.165) is 5.56 Å². The SMILES string of the molecule is COCCOC1C(OC)[C@@H](COC)S[C@H]1n1cc(C)c(N)nc1=O. The Balaban J connectivity index is 2.33. The van der Waals surface area contributed by atoms with Gasteiger partial charge in [-0.15, -0.1) is 11.8 Å². The van der Waals surface area contributed by atoms with Crippen LogP contribution in [0.5, 0.6) is 0 Å². The average Bonchev–Trinajstić information content (AvgIpc) is 2.89. The first-order valence-electron chi connectivity index (χ1n) is 7.66. The zero-order chi connectivity index (χ0) is 17.7. The molecule has 2 heterocycles. The van der Waals surface area contributed by atoms with Crippen molar-refractivity contribution in [2.75, 3.05) is 46.9 Å². The molecule has 4 atom stereocenters. The molecule has 0 amide bonds. The fraction of sp³-hybridized carbons (Fsp3) is 0.733. The summed E-state index contributed by atoms with van der Waals surface area (Å²) in [5.74, 6) is 0.243. The third kappa shape index (κ3) is 4.09. The van der Waals surface area contributed by atoms with Crippen LogP contribution in [-0.2, 0) is 18.9 Å². The standard InChI is InChI=1S/C15H25N3O5S/c1-9-7-18(15(19)17-13(9)16)14-12(23-6-5-20-2)11(22-4)10(24-14)8-21-3/h7,10-12,14H,5-6,8H2,1-4H3,(H2,16,17,19)/t10-,11?,12?,14-/m1/s1. The van der Waals surface area contributed by atoms with E-state index in [1.165, 1.54) is 0 Å². The number of nitrogens with two attached hydrogens (primary N) is 1. The van der Waals surface area contributed by atoms with Gasteiger partial charge in [0.25, 0.3) is 0 Å². The maximum absolute atomic E-state index is 12.3. The van der Waals surface area contributed by atoms with Crippen LogP contribution < -0.4 is 11.4 Å². The molecule has 0 bridgehead atoms. The highest BCUT2D eigenvalue weighted by Crippen LogP contribution is 2.44. The van der Waals surface area contributed by atoms with E-state index in [1.807, 2.05) is 6.92 Å². The average molecular weight is 359 g/mol. The molecule has 1 aromatic rings. The van der Waals surface area contributed by atoms with Gasteiger partial charge in [0.15, 0.2) is 0 Å². The largest absolute Gasteiger partial charge is 0.383 e. The van der Waals surface area contributed by atoms with Crippen LogP contribution >= 0.6 is 11.8 Å². The molecule has 0 spiro atoms. The van der Waals surface area contributed by atoms with Gasteiger partial charge in [0.1, 0.15) is 23.4 Å². The number of anilines is 1. The molecule has 8 nitrogen and oxygen atoms in total. The summed E-state index contributed by atoms with van der Waals surface area (Å²) >= 11 is 1.58. The molecule has 0 radical (unpaired) electrons. The fourth-order valence-corrected chi connectivity index (χ4v) is 4.39. The molecule has 2 N–H and O–H groups in total. The number of aryl methyl sites for hydroxylation is 1. The number of nitrogen functional groups attached to an aromatic ring is 1. The zero-order valence-corrected chi connectivity index (χ0v) is 15.2. The van der Waals surface area contributed by atoms with Gasteiger partial charge in [-0.05, 0) is 6.92 Å². The highest BCUT2D eigenvalue weighted by molar-refractivity contribution is 8.00. The van der Waals surface area contributed by atoms with E-state index in [4.69, 9.17) is 24.7 Å². The van der Waals surface area contributed by atoms with E-state index in [-0.39, 0.29) is 28.6 Å². The molecule has 1 saturated heterocycles. The first kappa shape index (κ1) is 19.2. The minimum absolute atomic E-state index is 0.0438. The van der Waals surface area contributed by atoms with E-state index in [0.29, 0.717) is 19.8 Å². The molecule has 24 heavy (non-hydrogen) atoms. The van der Waals surface area contributed by atoms with Crippen molar-refractivity contribution in [3.8, 4) is 0 Å². The normalized spacial score (nSPS) is 26.8. The lowest BCUT2D eigenvalue weighted by Gasteiger charge is -2.25. The molecule has 1 aliphatic rings. The summed E-state index contributed by atoms with van der Waals surface area (Å²) in [5.41, 5.74) is 6.07. The Morgan fingerprint density at radius 2 is 2.00 bits per heavy atom. The highest BCUT2D eigenvalue weighted by Gasteiger charge is 2.46. The Bertz CT molecular complexity index is 597. The number of ether oxygens (including phenoxy) is 4. The van der Waals surface area contributed by atoms with E-state index >= 15 is 0 Å². The number of hydrogen-bond acceptors (Lipinski definition) is 8. The number of hydrogen-bond donors (Lipinski definition) is 1. The van der Waals surface area contributed by atoms with Crippen molar-refractivity contribution in [2.24, 2.45) is 0 Å². The predicted octanol–water partition coefficient (Wildman–Crippen LogP) is 0.441. The summed E-state index contributed by atoms with van der Waals surface area (Å²) < 4.78 is 23.5. The van der Waals surface area contributed by atoms with E-state index < -0.39 is 5.69 Å². The molecule has 2 unspecified atom stereocenters. The van der Waals surface area contributed by atoms with E-state index in [1.54, 1.807) is 43.9 Å². The van der Waals surface area contributed by atoms with Crippen LogP contribution in [0, 0.1) is 6.92 Å². The first-order chi connectivity index (χ1) is 11.5. The lowest BCUT2D eigenvalue weighted by atomic mass is 10.1. The number of methoxy groups -OCH3 is 3. The van der Waals surface area contributed by atoms with Gasteiger partial charge in [0.05, 0.1) is 25.1 Å². The van der Waals surface area contributed by atoms with Gasteiger partial charge in [-0.1, -0.05) is 0 Å². The van der Waals surface area contributed by atoms with Crippen LogP contribution in [0.1, 0.15) is 10.9 Å². The van der Waals surface area contributed by atoms with Crippen molar-refractivity contribution in [3.05, 3.63) is 22.2 Å². The molecule has 0 aliphatic carbocycles. The van der Waals surface area contributed by atoms with Crippen molar-refractivity contribution >= 4 is 17.6 Å². The second-order valence-electron chi connectivity index (χ2n) is 5.55. The molecule has 0 saturated carbocycles. The van der Waals surface area contributed by atoms with Crippen LogP contribution in [0.3, 0.4) is 0 Å². The molecule has 1 aromatic heterocycles. The summed E-state index contributed by atoms with van der Waals surface area (Å²) in [7, 11) is 4.89. The summed E-state index contributed by atoms with van der Waals surface area (Å²) in [4.78, 5) is 16.2. The molecule has 9 heteroatoms. The summed E-state index contributed by atoms with van der Waals surface area (Å²) in [6.45, 7) is 3.19. The van der Waals surface area contributed by atoms with Crippen molar-refractivity contribution in [1.82, 2.24) is 9.55 Å². The van der Waals surface area contributed by atoms with Gasteiger partial charge >= 0.3 is 5.69 Å². The smallest absolute Gasteiger partial charge is 0.350 e. The Morgan fingerprint density at radius 3 is 2.62 bits per heavy atom. The van der Waals surface area contributed by atoms with Gasteiger partial charge < -0.3 is 24.7 Å². The Morgan fingerprint density at radius 1 is 1.25 bits per heavy atom. The molecule has 1 fully saturated rings. The topological polar surface area (TPSA) is 97.8 Å². The maximum Gasteiger partial charge on any atom is 0.350 e. The first-order valence-corrected chi connectivity index (χ1v) is 8.60. The second kappa shape index (κ2) is 8.82. The summed E-state index contributed by atoms with van der Waals surface area (Å²) in [5, 5.41) is -0.228. The van der Waals surface area contributed by atoms with Crippen molar-refractivity contribution in [2.45, 2.75) is 29.8 Å². The predicted molar refractivity (Wildman–Crippen MR) is 92.4 cm³/mol. The number of aromatic nitrogens is 2. The third-order valence-electron chi connectivity index (χ3n) is 3.93. The maximum atomic E-state index is 12.3. The van der Waals surface area contributed by atoms with Crippen molar-refractivity contribution < 1.29 is 18.9 Å². The Hall–Kier alpha value is -1.13. The van der Waals surface area contributed by atoms with Crippen molar-refractivity contribution in [3.63, 3.8) is 0 Å². The van der Waals surface area contributed by atoms with Crippen LogP contribution in [0.2, 0.25) is 0 Å². The zero-order valence-electron chi connectivity index (χ0n) is 14.4. The van der Waals surface area contributed by atoms with E-state index in [9.17, 15) is 4.79 Å². The summed E-state index contributed by atoms with van der Waals surface area (Å²) in [6.07, 6.45) is 1.19. The van der Waals surface area contributed by atoms with Crippen LogP contribution in [0.4, 0.5) is 5.82 Å². The Kier molecular flexibility index (Phi) is 7.05. The van der Waals surface area contributed by atoms with Gasteiger partial charge in [0, 0.05) is 33.1 Å². The van der Waals surface area contributed by atoms with Gasteiger partial charge in [-0.2, -0.15) is 4.98 Å². The molecular weight excluding hydrogens is 334 g/mol. The third-order valence-corrected chi connectivity index (χ3v) is 5.46. The molecule has 0 aromatic carbocycles. The molecule has 136 valence electrons. The lowest BCUT2D eigenvalue weighted by Crippen LogP contribution is -2.40. The van der Waals surface area contributed by atoms with Crippen molar-refractivity contribution in [1.29, 1.82) is 0 Å². The van der Waals surface area contributed by atoms with Crippen LogP contribution in [-0.4, -0.2) is 68.2 Å². The van der Waals surface area contributed by atoms with Crippen LogP contribution in [0.25, 0.3) is 0 Å². The quantitative estimate of drug-likeness (QED) is 0.668. The second-order valence-corrected chi connectivity index (χ2v) is 6.91. The lowest BCUT2D eigenvalue weighted by molar-refractivity contribution is -0.0727. The monoisotopic (exact) mass is 359 g/mol. The summed E-state index contributed by atoms with van der Waals surface area (Å²) in [6, 6.07) is 0. The Labute approximate surface area is 145 Å². The molecule has 2 rings (SSSR count). The van der Waals surface area contributed by atoms with E-state index in [2.05, 4.69) is 4.98 Å². The number of rotatable bonds is 8. The van der Waals surface area contributed by atoms with Gasteiger partial charge in [-0.3, -0.25) is 4.57 Å². The minimum Gasteiger partial charge on any atom is -0.383 e. The fourth-order valence-electron chi connectivity index (χ4n) is 2.72. The van der Waals surface area contributed by atoms with Gasteiger partial charge in [-0.25, -0.2) is 4.79 Å². The minimum atomic E-state index is -0.399. The van der Waals surface area contributed by atoms with Gasteiger partial charge in [0.2, 0.25) is 0 Å². The molecule has 1 aliphatic heterocycles. The highest BCUT2D eigenvalue weighted by atomic mass is 32.2. The number of thioether (sulfide) groups is 1. The number of nitrogens with zero attached hydrogens (tertiary/aromatic N) is 2. The van der Waals surface area contributed by atoms with Crippen LogP contribution in [0.15, 0.2) is 11.0 Å². The molecular formula is C15H25N3O5S.